The van der Waals surface area contributed by atoms with Gasteiger partial charge in [0.2, 0.25) is 0 Å². The molecular formula is C13H16N2O3S. The fourth-order valence-corrected chi connectivity index (χ4v) is 2.40. The third-order valence-corrected chi connectivity index (χ3v) is 3.83. The van der Waals surface area contributed by atoms with Gasteiger partial charge in [-0.15, -0.1) is 0 Å². The quantitative estimate of drug-likeness (QED) is 0.917. The van der Waals surface area contributed by atoms with E-state index < -0.39 is 9.84 Å². The van der Waals surface area contributed by atoms with Crippen molar-refractivity contribution in [3.8, 4) is 0 Å². The Balaban J connectivity index is 2.14. The van der Waals surface area contributed by atoms with Crippen LogP contribution >= 0.6 is 0 Å². The molecule has 0 fully saturated rings. The van der Waals surface area contributed by atoms with Crippen molar-refractivity contribution in [3.63, 3.8) is 0 Å². The first-order chi connectivity index (χ1) is 8.87. The Hall–Kier alpha value is -1.82. The molecule has 0 aliphatic carbocycles. The van der Waals surface area contributed by atoms with Crippen LogP contribution in [0.25, 0.3) is 10.9 Å². The second-order valence-electron chi connectivity index (χ2n) is 4.63. The highest BCUT2D eigenvalue weighted by molar-refractivity contribution is 7.90. The first kappa shape index (κ1) is 13.6. The maximum atomic E-state index is 12.1. The molecule has 0 aliphatic rings. The molecule has 0 spiro atoms. The molecule has 1 amide bonds. The van der Waals surface area contributed by atoms with Crippen LogP contribution in [0.2, 0.25) is 0 Å². The summed E-state index contributed by atoms with van der Waals surface area (Å²) in [6, 6.07) is 9.37. The Labute approximate surface area is 112 Å². The normalized spacial score (nSPS) is 11.7. The van der Waals surface area contributed by atoms with Crippen LogP contribution in [0.1, 0.15) is 10.5 Å². The van der Waals surface area contributed by atoms with Gasteiger partial charge < -0.3 is 9.88 Å². The monoisotopic (exact) mass is 280 g/mol. The minimum absolute atomic E-state index is 0.0323. The summed E-state index contributed by atoms with van der Waals surface area (Å²) in [5, 5.41) is 0.961. The van der Waals surface area contributed by atoms with E-state index in [1.165, 1.54) is 4.90 Å². The van der Waals surface area contributed by atoms with Crippen LogP contribution in [-0.2, 0) is 9.84 Å². The van der Waals surface area contributed by atoms with Gasteiger partial charge in [0.1, 0.15) is 15.5 Å². The van der Waals surface area contributed by atoms with Gasteiger partial charge in [-0.2, -0.15) is 0 Å². The van der Waals surface area contributed by atoms with Crippen LogP contribution in [0.4, 0.5) is 0 Å². The van der Waals surface area contributed by atoms with Crippen molar-refractivity contribution in [1.82, 2.24) is 9.88 Å². The van der Waals surface area contributed by atoms with E-state index in [0.717, 1.165) is 17.2 Å². The van der Waals surface area contributed by atoms with Crippen molar-refractivity contribution in [2.75, 3.05) is 25.6 Å². The Morgan fingerprint density at radius 2 is 2.00 bits per heavy atom. The Bertz CT molecular complexity index is 671. The minimum atomic E-state index is -3.06. The number of hydrogen-bond donors (Lipinski definition) is 1. The molecule has 0 bridgehead atoms. The van der Waals surface area contributed by atoms with Gasteiger partial charge >= 0.3 is 0 Å². The van der Waals surface area contributed by atoms with E-state index in [1.54, 1.807) is 13.1 Å². The van der Waals surface area contributed by atoms with Crippen LogP contribution < -0.4 is 0 Å². The van der Waals surface area contributed by atoms with Crippen molar-refractivity contribution in [2.24, 2.45) is 0 Å². The standard InChI is InChI=1S/C13H16N2O3S/c1-15(7-8-19(2,17)18)13(16)12-9-10-5-3-4-6-11(10)14-12/h3-6,9,14H,7-8H2,1-2H3. The van der Waals surface area contributed by atoms with Crippen LogP contribution in [0.3, 0.4) is 0 Å². The third kappa shape index (κ3) is 3.35. The number of benzene rings is 1. The fraction of sp³-hybridized carbons (Fsp3) is 0.308. The highest BCUT2D eigenvalue weighted by Crippen LogP contribution is 2.15. The maximum Gasteiger partial charge on any atom is 0.270 e. The zero-order valence-electron chi connectivity index (χ0n) is 10.9. The molecule has 19 heavy (non-hydrogen) atoms. The SMILES string of the molecule is CN(CCS(C)(=O)=O)C(=O)c1cc2ccccc2[nH]1. The molecule has 0 radical (unpaired) electrons. The van der Waals surface area contributed by atoms with E-state index in [0.29, 0.717) is 5.69 Å². The summed E-state index contributed by atoms with van der Waals surface area (Å²) in [6.07, 6.45) is 1.16. The van der Waals surface area contributed by atoms with Gasteiger partial charge in [-0.3, -0.25) is 4.79 Å². The number of aromatic amines is 1. The lowest BCUT2D eigenvalue weighted by atomic mass is 10.2. The Morgan fingerprint density at radius 3 is 2.63 bits per heavy atom. The number of sulfone groups is 1. The van der Waals surface area contributed by atoms with Gasteiger partial charge in [0.25, 0.3) is 5.91 Å². The summed E-state index contributed by atoms with van der Waals surface area (Å²) in [6.45, 7) is 0.188. The molecule has 6 heteroatoms. The number of carbonyl (C=O) groups excluding carboxylic acids is 1. The number of amides is 1. The summed E-state index contributed by atoms with van der Waals surface area (Å²) < 4.78 is 22.2. The van der Waals surface area contributed by atoms with Crippen molar-refractivity contribution in [2.45, 2.75) is 0 Å². The Kier molecular flexibility index (Phi) is 3.61. The molecule has 0 atom stereocenters. The van der Waals surface area contributed by atoms with Gasteiger partial charge in [-0.25, -0.2) is 8.42 Å². The van der Waals surface area contributed by atoms with Crippen molar-refractivity contribution >= 4 is 26.6 Å². The number of nitrogens with zero attached hydrogens (tertiary/aromatic N) is 1. The number of fused-ring (bicyclic) bond motifs is 1. The van der Waals surface area contributed by atoms with E-state index in [-0.39, 0.29) is 18.2 Å². The molecular weight excluding hydrogens is 264 g/mol. The van der Waals surface area contributed by atoms with E-state index in [2.05, 4.69) is 4.98 Å². The van der Waals surface area contributed by atoms with E-state index in [9.17, 15) is 13.2 Å². The summed E-state index contributed by atoms with van der Waals surface area (Å²) >= 11 is 0. The van der Waals surface area contributed by atoms with Gasteiger partial charge in [0.15, 0.2) is 0 Å². The predicted molar refractivity (Wildman–Crippen MR) is 75.0 cm³/mol. The van der Waals surface area contributed by atoms with Crippen LogP contribution in [-0.4, -0.2) is 49.8 Å². The number of rotatable bonds is 4. The molecule has 0 saturated heterocycles. The Morgan fingerprint density at radius 1 is 1.32 bits per heavy atom. The maximum absolute atomic E-state index is 12.1. The number of hydrogen-bond acceptors (Lipinski definition) is 3. The van der Waals surface area contributed by atoms with Crippen LogP contribution in [0.5, 0.6) is 0 Å². The van der Waals surface area contributed by atoms with E-state index >= 15 is 0 Å². The minimum Gasteiger partial charge on any atom is -0.351 e. The average molecular weight is 280 g/mol. The smallest absolute Gasteiger partial charge is 0.270 e. The second-order valence-corrected chi connectivity index (χ2v) is 6.89. The molecule has 1 aromatic heterocycles. The summed E-state index contributed by atoms with van der Waals surface area (Å²) in [5.74, 6) is -0.241. The van der Waals surface area contributed by atoms with Gasteiger partial charge in [-0.1, -0.05) is 18.2 Å². The zero-order chi connectivity index (χ0) is 14.0. The molecule has 0 aliphatic heterocycles. The van der Waals surface area contributed by atoms with Gasteiger partial charge in [-0.05, 0) is 12.1 Å². The van der Waals surface area contributed by atoms with Gasteiger partial charge in [0, 0.05) is 30.8 Å². The summed E-state index contributed by atoms with van der Waals surface area (Å²) in [4.78, 5) is 16.6. The zero-order valence-corrected chi connectivity index (χ0v) is 11.7. The second kappa shape index (κ2) is 5.05. The number of nitrogens with one attached hydrogen (secondary N) is 1. The molecule has 2 aromatic rings. The number of H-pyrrole nitrogens is 1. The van der Waals surface area contributed by atoms with E-state index in [4.69, 9.17) is 0 Å². The fourth-order valence-electron chi connectivity index (χ4n) is 1.80. The lowest BCUT2D eigenvalue weighted by Crippen LogP contribution is -2.31. The van der Waals surface area contributed by atoms with Crippen molar-refractivity contribution in [3.05, 3.63) is 36.0 Å². The summed E-state index contributed by atoms with van der Waals surface area (Å²) in [7, 11) is -1.47. The van der Waals surface area contributed by atoms with Crippen molar-refractivity contribution in [1.29, 1.82) is 0 Å². The number of para-hydroxylation sites is 1. The lowest BCUT2D eigenvalue weighted by Gasteiger charge is -2.15. The van der Waals surface area contributed by atoms with Crippen LogP contribution in [0.15, 0.2) is 30.3 Å². The molecule has 5 nitrogen and oxygen atoms in total. The largest absolute Gasteiger partial charge is 0.351 e. The molecule has 2 rings (SSSR count). The molecule has 0 saturated carbocycles. The van der Waals surface area contributed by atoms with Crippen LogP contribution in [0, 0.1) is 0 Å². The predicted octanol–water partition coefficient (Wildman–Crippen LogP) is 1.28. The third-order valence-electron chi connectivity index (χ3n) is 2.90. The molecule has 1 aromatic carbocycles. The highest BCUT2D eigenvalue weighted by atomic mass is 32.2. The average Bonchev–Trinajstić information content (AvgIpc) is 2.77. The van der Waals surface area contributed by atoms with Crippen molar-refractivity contribution < 1.29 is 13.2 Å². The van der Waals surface area contributed by atoms with Gasteiger partial charge in [0.05, 0.1) is 5.75 Å². The molecule has 0 unspecified atom stereocenters. The molecule has 1 N–H and O–H groups in total. The lowest BCUT2D eigenvalue weighted by molar-refractivity contribution is 0.0798. The first-order valence-corrected chi connectivity index (χ1v) is 7.94. The molecule has 102 valence electrons. The number of carbonyl (C=O) groups is 1. The number of aromatic nitrogens is 1. The first-order valence-electron chi connectivity index (χ1n) is 5.88. The summed E-state index contributed by atoms with van der Waals surface area (Å²) in [5.41, 5.74) is 1.36. The molecule has 1 heterocycles. The highest BCUT2D eigenvalue weighted by Gasteiger charge is 2.15. The van der Waals surface area contributed by atoms with E-state index in [1.807, 2.05) is 24.3 Å². The topological polar surface area (TPSA) is 70.2 Å².